The van der Waals surface area contributed by atoms with Gasteiger partial charge in [-0.25, -0.2) is 4.79 Å². The van der Waals surface area contributed by atoms with Crippen molar-refractivity contribution in [3.8, 4) is 0 Å². The Bertz CT molecular complexity index is 359. The lowest BCUT2D eigenvalue weighted by atomic mass is 10.1. The third-order valence-electron chi connectivity index (χ3n) is 2.58. The highest BCUT2D eigenvalue weighted by Crippen LogP contribution is 2.27. The summed E-state index contributed by atoms with van der Waals surface area (Å²) in [5.74, 6) is -0.777. The SMILES string of the molecule is CN1CCCc2c(csc2C(=O)O)C1. The van der Waals surface area contributed by atoms with E-state index >= 15 is 0 Å². The van der Waals surface area contributed by atoms with Crippen molar-refractivity contribution in [2.75, 3.05) is 13.6 Å². The number of carbonyl (C=O) groups is 1. The Kier molecular flexibility index (Phi) is 2.56. The molecular weight excluding hydrogens is 198 g/mol. The summed E-state index contributed by atoms with van der Waals surface area (Å²) in [5, 5.41) is 11.0. The first-order valence-electron chi connectivity index (χ1n) is 4.69. The van der Waals surface area contributed by atoms with Gasteiger partial charge >= 0.3 is 5.97 Å². The third-order valence-corrected chi connectivity index (χ3v) is 3.64. The lowest BCUT2D eigenvalue weighted by Crippen LogP contribution is -2.16. The Balaban J connectivity index is 2.37. The monoisotopic (exact) mass is 211 g/mol. The molecule has 1 aliphatic rings. The molecule has 0 fully saturated rings. The van der Waals surface area contributed by atoms with Gasteiger partial charge in [0.25, 0.3) is 0 Å². The minimum absolute atomic E-state index is 0.537. The molecule has 0 saturated heterocycles. The number of carboxylic acid groups (broad SMARTS) is 1. The Morgan fingerprint density at radius 1 is 1.64 bits per heavy atom. The van der Waals surface area contributed by atoms with Crippen molar-refractivity contribution < 1.29 is 9.90 Å². The summed E-state index contributed by atoms with van der Waals surface area (Å²) < 4.78 is 0. The summed E-state index contributed by atoms with van der Waals surface area (Å²) in [7, 11) is 2.08. The summed E-state index contributed by atoms with van der Waals surface area (Å²) >= 11 is 1.36. The average molecular weight is 211 g/mol. The fourth-order valence-electron chi connectivity index (χ4n) is 1.90. The topological polar surface area (TPSA) is 40.5 Å². The van der Waals surface area contributed by atoms with Crippen LogP contribution in [-0.2, 0) is 13.0 Å². The number of fused-ring (bicyclic) bond motifs is 1. The van der Waals surface area contributed by atoms with Gasteiger partial charge in [-0.15, -0.1) is 11.3 Å². The summed E-state index contributed by atoms with van der Waals surface area (Å²) in [6.07, 6.45) is 1.96. The lowest BCUT2D eigenvalue weighted by Gasteiger charge is -2.11. The first-order valence-corrected chi connectivity index (χ1v) is 5.57. The quantitative estimate of drug-likeness (QED) is 0.770. The minimum Gasteiger partial charge on any atom is -0.477 e. The van der Waals surface area contributed by atoms with Gasteiger partial charge in [-0.2, -0.15) is 0 Å². The minimum atomic E-state index is -0.777. The van der Waals surface area contributed by atoms with Crippen LogP contribution < -0.4 is 0 Å². The summed E-state index contributed by atoms with van der Waals surface area (Å²) in [6.45, 7) is 1.94. The van der Waals surface area contributed by atoms with E-state index in [0.717, 1.165) is 31.5 Å². The second-order valence-electron chi connectivity index (χ2n) is 3.72. The van der Waals surface area contributed by atoms with Crippen molar-refractivity contribution >= 4 is 17.3 Å². The van der Waals surface area contributed by atoms with Crippen LogP contribution in [0.25, 0.3) is 0 Å². The van der Waals surface area contributed by atoms with Gasteiger partial charge in [-0.05, 0) is 42.9 Å². The van der Waals surface area contributed by atoms with E-state index in [9.17, 15) is 4.79 Å². The Morgan fingerprint density at radius 2 is 2.43 bits per heavy atom. The smallest absolute Gasteiger partial charge is 0.346 e. The maximum absolute atomic E-state index is 10.9. The van der Waals surface area contributed by atoms with Gasteiger partial charge in [-0.3, -0.25) is 0 Å². The van der Waals surface area contributed by atoms with E-state index in [1.54, 1.807) is 0 Å². The fraction of sp³-hybridized carbons (Fsp3) is 0.500. The number of hydrogen-bond donors (Lipinski definition) is 1. The standard InChI is InChI=1S/C10H13NO2S/c1-11-4-2-3-8-7(5-11)6-14-9(8)10(12)13/h6H,2-5H2,1H3,(H,12,13). The van der Waals surface area contributed by atoms with Crippen molar-refractivity contribution in [2.24, 2.45) is 0 Å². The average Bonchev–Trinajstić information content (AvgIpc) is 2.41. The van der Waals surface area contributed by atoms with Crippen LogP contribution in [0, 0.1) is 0 Å². The Hall–Kier alpha value is -0.870. The van der Waals surface area contributed by atoms with Gasteiger partial charge in [0.05, 0.1) is 0 Å². The van der Waals surface area contributed by atoms with Crippen LogP contribution in [0.4, 0.5) is 0 Å². The van der Waals surface area contributed by atoms with Gasteiger partial charge < -0.3 is 10.0 Å². The molecule has 0 unspecified atom stereocenters. The number of rotatable bonds is 1. The molecule has 2 heterocycles. The second kappa shape index (κ2) is 3.71. The third kappa shape index (κ3) is 1.67. The molecule has 76 valence electrons. The van der Waals surface area contributed by atoms with Gasteiger partial charge in [0.1, 0.15) is 4.88 Å². The normalized spacial score (nSPS) is 17.5. The van der Waals surface area contributed by atoms with Gasteiger partial charge in [0, 0.05) is 6.54 Å². The number of hydrogen-bond acceptors (Lipinski definition) is 3. The van der Waals surface area contributed by atoms with Crippen LogP contribution in [0.2, 0.25) is 0 Å². The maximum Gasteiger partial charge on any atom is 0.346 e. The molecule has 0 atom stereocenters. The number of aromatic carboxylic acids is 1. The molecule has 1 aliphatic heterocycles. The first-order chi connectivity index (χ1) is 6.68. The van der Waals surface area contributed by atoms with Crippen LogP contribution in [0.5, 0.6) is 0 Å². The molecule has 0 saturated carbocycles. The van der Waals surface area contributed by atoms with Crippen LogP contribution >= 0.6 is 11.3 Å². The fourth-order valence-corrected chi connectivity index (χ4v) is 2.85. The zero-order valence-corrected chi connectivity index (χ0v) is 8.93. The largest absolute Gasteiger partial charge is 0.477 e. The zero-order valence-electron chi connectivity index (χ0n) is 8.12. The van der Waals surface area contributed by atoms with Gasteiger partial charge in [0.15, 0.2) is 0 Å². The molecular formula is C10H13NO2S. The number of carboxylic acids is 1. The highest BCUT2D eigenvalue weighted by Gasteiger charge is 2.20. The van der Waals surface area contributed by atoms with E-state index in [0.29, 0.717) is 4.88 Å². The molecule has 14 heavy (non-hydrogen) atoms. The van der Waals surface area contributed by atoms with Gasteiger partial charge in [0.2, 0.25) is 0 Å². The van der Waals surface area contributed by atoms with Crippen molar-refractivity contribution in [2.45, 2.75) is 19.4 Å². The maximum atomic E-state index is 10.9. The molecule has 1 N–H and O–H groups in total. The van der Waals surface area contributed by atoms with Gasteiger partial charge in [-0.1, -0.05) is 0 Å². The van der Waals surface area contributed by atoms with Crippen LogP contribution in [-0.4, -0.2) is 29.6 Å². The molecule has 4 heteroatoms. The Morgan fingerprint density at radius 3 is 3.14 bits per heavy atom. The number of thiophene rings is 1. The van der Waals surface area contributed by atoms with Crippen LogP contribution in [0.1, 0.15) is 27.2 Å². The molecule has 1 aromatic heterocycles. The molecule has 2 rings (SSSR count). The first kappa shape index (κ1) is 9.68. The molecule has 0 aromatic carbocycles. The highest BCUT2D eigenvalue weighted by atomic mass is 32.1. The predicted octanol–water partition coefficient (Wildman–Crippen LogP) is 1.82. The zero-order chi connectivity index (χ0) is 10.1. The molecule has 0 aliphatic carbocycles. The molecule has 0 spiro atoms. The Labute approximate surface area is 87.0 Å². The second-order valence-corrected chi connectivity index (χ2v) is 4.59. The van der Waals surface area contributed by atoms with E-state index in [1.807, 2.05) is 5.38 Å². The predicted molar refractivity (Wildman–Crippen MR) is 55.9 cm³/mol. The van der Waals surface area contributed by atoms with E-state index in [2.05, 4.69) is 11.9 Å². The number of nitrogens with zero attached hydrogens (tertiary/aromatic N) is 1. The molecule has 0 bridgehead atoms. The van der Waals surface area contributed by atoms with E-state index in [1.165, 1.54) is 16.9 Å². The van der Waals surface area contributed by atoms with E-state index in [-0.39, 0.29) is 0 Å². The lowest BCUT2D eigenvalue weighted by molar-refractivity contribution is 0.0701. The van der Waals surface area contributed by atoms with Crippen LogP contribution in [0.15, 0.2) is 5.38 Å². The van der Waals surface area contributed by atoms with Crippen molar-refractivity contribution in [1.29, 1.82) is 0 Å². The van der Waals surface area contributed by atoms with Crippen LogP contribution in [0.3, 0.4) is 0 Å². The summed E-state index contributed by atoms with van der Waals surface area (Å²) in [4.78, 5) is 13.7. The molecule has 0 amide bonds. The summed E-state index contributed by atoms with van der Waals surface area (Å²) in [5.41, 5.74) is 2.26. The highest BCUT2D eigenvalue weighted by molar-refractivity contribution is 7.12. The molecule has 0 radical (unpaired) electrons. The van der Waals surface area contributed by atoms with E-state index in [4.69, 9.17) is 5.11 Å². The van der Waals surface area contributed by atoms with Crippen molar-refractivity contribution in [3.05, 3.63) is 21.4 Å². The summed E-state index contributed by atoms with van der Waals surface area (Å²) in [6, 6.07) is 0. The van der Waals surface area contributed by atoms with Crippen molar-refractivity contribution in [1.82, 2.24) is 4.90 Å². The van der Waals surface area contributed by atoms with E-state index < -0.39 is 5.97 Å². The van der Waals surface area contributed by atoms with Crippen molar-refractivity contribution in [3.63, 3.8) is 0 Å². The molecule has 3 nitrogen and oxygen atoms in total. The molecule has 1 aromatic rings.